The Morgan fingerprint density at radius 1 is 1.35 bits per heavy atom. The molecule has 2 rings (SSSR count). The van der Waals surface area contributed by atoms with E-state index < -0.39 is 0 Å². The van der Waals surface area contributed by atoms with Crippen molar-refractivity contribution in [3.63, 3.8) is 0 Å². The highest BCUT2D eigenvalue weighted by molar-refractivity contribution is 6.43. The van der Waals surface area contributed by atoms with E-state index in [4.69, 9.17) is 28.9 Å². The summed E-state index contributed by atoms with van der Waals surface area (Å²) in [6.45, 7) is 0.566. The Hall–Kier alpha value is -0.570. The van der Waals surface area contributed by atoms with E-state index in [-0.39, 0.29) is 11.2 Å². The molecule has 1 aromatic carbocycles. The highest BCUT2D eigenvalue weighted by atomic mass is 35.5. The molecule has 0 aromatic heterocycles. The summed E-state index contributed by atoms with van der Waals surface area (Å²) in [6, 6.07) is 5.15. The highest BCUT2D eigenvalue weighted by Crippen LogP contribution is 2.44. The number of carbonyl (C=O) groups is 1. The third-order valence-corrected chi connectivity index (χ3v) is 4.45. The van der Waals surface area contributed by atoms with Gasteiger partial charge in [-0.25, -0.2) is 0 Å². The van der Waals surface area contributed by atoms with E-state index in [1.54, 1.807) is 18.2 Å². The van der Waals surface area contributed by atoms with Crippen LogP contribution in [0.2, 0.25) is 10.0 Å². The van der Waals surface area contributed by atoms with Crippen LogP contribution in [0.4, 0.5) is 0 Å². The number of rotatable bonds is 4. The summed E-state index contributed by atoms with van der Waals surface area (Å²) < 4.78 is 0. The minimum atomic E-state index is 0.00271. The van der Waals surface area contributed by atoms with Gasteiger partial charge in [0.15, 0.2) is 5.78 Å². The molecule has 2 N–H and O–H groups in total. The van der Waals surface area contributed by atoms with Crippen molar-refractivity contribution in [3.8, 4) is 0 Å². The molecule has 1 aliphatic carbocycles. The molecule has 1 aromatic rings. The van der Waals surface area contributed by atoms with Crippen molar-refractivity contribution in [1.29, 1.82) is 0 Å². The first-order valence-corrected chi connectivity index (χ1v) is 6.51. The first kappa shape index (κ1) is 12.9. The fraction of sp³-hybridized carbons (Fsp3) is 0.462. The zero-order valence-corrected chi connectivity index (χ0v) is 11.0. The van der Waals surface area contributed by atoms with E-state index in [1.807, 2.05) is 0 Å². The number of benzene rings is 1. The van der Waals surface area contributed by atoms with Crippen LogP contribution < -0.4 is 5.73 Å². The lowest BCUT2D eigenvalue weighted by atomic mass is 9.65. The SMILES string of the molecule is NCC1(CC(=O)c2cccc(Cl)c2Cl)CCC1. The Morgan fingerprint density at radius 3 is 2.59 bits per heavy atom. The van der Waals surface area contributed by atoms with Crippen LogP contribution in [0, 0.1) is 5.41 Å². The van der Waals surface area contributed by atoms with Gasteiger partial charge in [-0.15, -0.1) is 0 Å². The number of carbonyl (C=O) groups excluding carboxylic acids is 1. The Balaban J connectivity index is 2.17. The smallest absolute Gasteiger partial charge is 0.165 e. The molecule has 1 fully saturated rings. The van der Waals surface area contributed by atoms with E-state index in [0.717, 1.165) is 19.3 Å². The number of halogens is 2. The van der Waals surface area contributed by atoms with Gasteiger partial charge in [0.25, 0.3) is 0 Å². The fourth-order valence-electron chi connectivity index (χ4n) is 2.28. The lowest BCUT2D eigenvalue weighted by molar-refractivity contribution is 0.0786. The van der Waals surface area contributed by atoms with Crippen LogP contribution in [0.5, 0.6) is 0 Å². The second-order valence-corrected chi connectivity index (χ2v) is 5.54. The van der Waals surface area contributed by atoms with Crippen LogP contribution >= 0.6 is 23.2 Å². The molecule has 92 valence electrons. The zero-order chi connectivity index (χ0) is 12.5. The van der Waals surface area contributed by atoms with Crippen LogP contribution in [0.1, 0.15) is 36.0 Å². The van der Waals surface area contributed by atoms with Crippen LogP contribution in [-0.2, 0) is 0 Å². The second-order valence-electron chi connectivity index (χ2n) is 4.76. The van der Waals surface area contributed by atoms with E-state index >= 15 is 0 Å². The molecule has 2 nitrogen and oxygen atoms in total. The maximum absolute atomic E-state index is 12.2. The third-order valence-electron chi connectivity index (χ3n) is 3.63. The van der Waals surface area contributed by atoms with Crippen molar-refractivity contribution in [1.82, 2.24) is 0 Å². The normalized spacial score (nSPS) is 17.6. The van der Waals surface area contributed by atoms with Gasteiger partial charge in [0.2, 0.25) is 0 Å². The second kappa shape index (κ2) is 4.97. The van der Waals surface area contributed by atoms with E-state index in [1.165, 1.54) is 0 Å². The third kappa shape index (κ3) is 2.49. The highest BCUT2D eigenvalue weighted by Gasteiger charge is 2.37. The molecule has 1 aliphatic rings. The van der Waals surface area contributed by atoms with Crippen molar-refractivity contribution in [2.24, 2.45) is 11.1 Å². The Labute approximate surface area is 111 Å². The van der Waals surface area contributed by atoms with Gasteiger partial charge in [-0.1, -0.05) is 35.7 Å². The monoisotopic (exact) mass is 271 g/mol. The molecular weight excluding hydrogens is 257 g/mol. The summed E-state index contributed by atoms with van der Waals surface area (Å²) >= 11 is 11.9. The Kier molecular flexibility index (Phi) is 3.76. The van der Waals surface area contributed by atoms with Gasteiger partial charge >= 0.3 is 0 Å². The van der Waals surface area contributed by atoms with Crippen molar-refractivity contribution >= 4 is 29.0 Å². The van der Waals surface area contributed by atoms with Gasteiger partial charge in [-0.3, -0.25) is 4.79 Å². The summed E-state index contributed by atoms with van der Waals surface area (Å²) in [5, 5.41) is 0.776. The van der Waals surface area contributed by atoms with Gasteiger partial charge in [0.05, 0.1) is 10.0 Å². The minimum absolute atomic E-state index is 0.00271. The topological polar surface area (TPSA) is 43.1 Å². The van der Waals surface area contributed by atoms with Gasteiger partial charge in [-0.2, -0.15) is 0 Å². The number of Topliss-reactive ketones (excluding diaryl/α,β-unsaturated/α-hetero) is 1. The van der Waals surface area contributed by atoms with Gasteiger partial charge in [-0.05, 0) is 36.9 Å². The molecule has 0 heterocycles. The summed E-state index contributed by atoms with van der Waals surface area (Å²) in [6.07, 6.45) is 3.71. The van der Waals surface area contributed by atoms with Crippen molar-refractivity contribution in [3.05, 3.63) is 33.8 Å². The number of nitrogens with two attached hydrogens (primary N) is 1. The van der Waals surface area contributed by atoms with E-state index in [9.17, 15) is 4.79 Å². The molecule has 0 radical (unpaired) electrons. The van der Waals surface area contributed by atoms with Gasteiger partial charge in [0, 0.05) is 12.0 Å². The molecule has 1 saturated carbocycles. The van der Waals surface area contributed by atoms with Crippen LogP contribution in [-0.4, -0.2) is 12.3 Å². The van der Waals surface area contributed by atoms with Gasteiger partial charge in [0.1, 0.15) is 0 Å². The fourth-order valence-corrected chi connectivity index (χ4v) is 2.69. The molecule has 0 bridgehead atoms. The first-order chi connectivity index (χ1) is 8.08. The van der Waals surface area contributed by atoms with Crippen molar-refractivity contribution < 1.29 is 4.79 Å². The maximum Gasteiger partial charge on any atom is 0.165 e. The molecule has 0 aliphatic heterocycles. The molecule has 17 heavy (non-hydrogen) atoms. The summed E-state index contributed by atoms with van der Waals surface area (Å²) in [5.41, 5.74) is 6.27. The lowest BCUT2D eigenvalue weighted by Crippen LogP contribution is -2.39. The lowest BCUT2D eigenvalue weighted by Gasteiger charge is -2.40. The van der Waals surface area contributed by atoms with Crippen LogP contribution in [0.15, 0.2) is 18.2 Å². The molecule has 0 amide bonds. The first-order valence-electron chi connectivity index (χ1n) is 5.75. The quantitative estimate of drug-likeness (QED) is 0.849. The van der Waals surface area contributed by atoms with Crippen LogP contribution in [0.25, 0.3) is 0 Å². The standard InChI is InChI=1S/C13H15Cl2NO/c14-10-4-1-3-9(12(10)15)11(17)7-13(8-16)5-2-6-13/h1,3-4H,2,5-8,16H2. The average molecular weight is 272 g/mol. The van der Waals surface area contributed by atoms with Crippen molar-refractivity contribution in [2.45, 2.75) is 25.7 Å². The number of ketones is 1. The maximum atomic E-state index is 12.2. The Morgan fingerprint density at radius 2 is 2.06 bits per heavy atom. The molecular formula is C13H15Cl2NO. The molecule has 0 unspecified atom stereocenters. The van der Waals surface area contributed by atoms with E-state index in [2.05, 4.69) is 0 Å². The summed E-state index contributed by atoms with van der Waals surface area (Å²) in [4.78, 5) is 12.2. The molecule has 0 spiro atoms. The predicted octanol–water partition coefficient (Wildman–Crippen LogP) is 3.70. The average Bonchev–Trinajstić information content (AvgIpc) is 2.27. The predicted molar refractivity (Wildman–Crippen MR) is 70.7 cm³/mol. The Bertz CT molecular complexity index is 436. The summed E-state index contributed by atoms with van der Waals surface area (Å²) in [5.74, 6) is 0.0441. The van der Waals surface area contributed by atoms with Gasteiger partial charge < -0.3 is 5.73 Å². The minimum Gasteiger partial charge on any atom is -0.330 e. The molecule has 0 atom stereocenters. The summed E-state index contributed by atoms with van der Waals surface area (Å²) in [7, 11) is 0. The number of hydrogen-bond donors (Lipinski definition) is 1. The zero-order valence-electron chi connectivity index (χ0n) is 9.51. The van der Waals surface area contributed by atoms with Crippen LogP contribution in [0.3, 0.4) is 0 Å². The van der Waals surface area contributed by atoms with Crippen molar-refractivity contribution in [2.75, 3.05) is 6.54 Å². The number of hydrogen-bond acceptors (Lipinski definition) is 2. The molecule has 4 heteroatoms. The van der Waals surface area contributed by atoms with E-state index in [0.29, 0.717) is 28.6 Å². The molecule has 0 saturated heterocycles. The largest absolute Gasteiger partial charge is 0.330 e.